The molecular formula is C52H77FN2O4S. The van der Waals surface area contributed by atoms with Gasteiger partial charge in [-0.25, -0.2) is 12.8 Å². The molecule has 0 amide bonds. The molecular weight excluding hydrogens is 768 g/mol. The van der Waals surface area contributed by atoms with Crippen molar-refractivity contribution in [2.24, 2.45) is 56.7 Å². The SMILES string of the molecule is C=C(C)[C@@H]1CC[C@]2(NCCN3CCC(S(C)(=O)=O)CC3)CC[C@]3(C)[C@H](CCC4[C@@]5(C)CC=C(C6=CC[C@](CF)(C(=O)OCc7ccccc7)CC6)C(C)(C)C5CC[C@]43C)C12. The largest absolute Gasteiger partial charge is 0.460 e. The van der Waals surface area contributed by atoms with Crippen LogP contribution in [0.1, 0.15) is 137 Å². The number of piperidine rings is 1. The number of nitrogens with zero attached hydrogens (tertiary/aromatic N) is 1. The maximum Gasteiger partial charge on any atom is 0.315 e. The zero-order valence-electron chi connectivity index (χ0n) is 38.2. The summed E-state index contributed by atoms with van der Waals surface area (Å²) in [7, 11) is -2.96. The summed E-state index contributed by atoms with van der Waals surface area (Å²) in [4.78, 5) is 15.9. The van der Waals surface area contributed by atoms with E-state index in [2.05, 4.69) is 70.5 Å². The van der Waals surface area contributed by atoms with Gasteiger partial charge in [0.1, 0.15) is 23.1 Å². The van der Waals surface area contributed by atoms with Crippen LogP contribution in [0, 0.1) is 56.7 Å². The Morgan fingerprint density at radius 2 is 1.62 bits per heavy atom. The van der Waals surface area contributed by atoms with Crippen LogP contribution in [0.5, 0.6) is 0 Å². The van der Waals surface area contributed by atoms with Crippen LogP contribution in [-0.2, 0) is 26.0 Å². The van der Waals surface area contributed by atoms with E-state index in [4.69, 9.17) is 4.74 Å². The van der Waals surface area contributed by atoms with E-state index in [0.717, 1.165) is 51.0 Å². The number of ether oxygens (including phenoxy) is 1. The van der Waals surface area contributed by atoms with Crippen molar-refractivity contribution in [3.8, 4) is 0 Å². The number of esters is 1. The van der Waals surface area contributed by atoms with Gasteiger partial charge in [0.05, 0.1) is 10.7 Å². The zero-order chi connectivity index (χ0) is 42.9. The van der Waals surface area contributed by atoms with E-state index < -0.39 is 27.9 Å². The van der Waals surface area contributed by atoms with E-state index in [-0.39, 0.29) is 39.1 Å². The summed E-state index contributed by atoms with van der Waals surface area (Å²) in [6.07, 6.45) is 20.5. The molecule has 3 unspecified atom stereocenters. The van der Waals surface area contributed by atoms with Crippen LogP contribution in [-0.4, -0.2) is 69.2 Å². The number of likely N-dealkylation sites (tertiary alicyclic amines) is 1. The van der Waals surface area contributed by atoms with Crippen LogP contribution in [0.4, 0.5) is 4.39 Å². The molecule has 1 aromatic carbocycles. The maximum atomic E-state index is 14.8. The molecule has 1 aromatic rings. The van der Waals surface area contributed by atoms with Gasteiger partial charge in [-0.05, 0) is 178 Å². The second kappa shape index (κ2) is 16.1. The molecule has 8 heteroatoms. The van der Waals surface area contributed by atoms with Gasteiger partial charge in [-0.1, -0.05) is 89.3 Å². The molecule has 10 atom stereocenters. The number of nitrogens with one attached hydrogen (secondary N) is 1. The minimum absolute atomic E-state index is 0.0103. The van der Waals surface area contributed by atoms with E-state index in [1.807, 2.05) is 30.3 Å². The standard InChI is InChI=1S/C52H77FN2O4S/c1-36(2)40-18-27-52(54-30-33-55-31-21-39(22-32-55)60(8,57)58)29-28-49(6)42(45(40)52)14-15-44-48(5)23-19-41(47(3,4)43(48)20-24-50(44,49)7)38-16-25-51(35-53,26-17-38)46(56)59-34-37-12-10-9-11-13-37/h9-13,16,19,39-40,42-45,54H,1,14-15,17-18,20-35H2,2-8H3/t40-,42+,43?,44?,45?,48-,49+,50+,51-,52-/m0/s1. The van der Waals surface area contributed by atoms with Crippen molar-refractivity contribution >= 4 is 15.8 Å². The molecule has 0 radical (unpaired) electrons. The first kappa shape index (κ1) is 44.3. The Labute approximate surface area is 362 Å². The highest BCUT2D eigenvalue weighted by Crippen LogP contribution is 2.76. The molecule has 4 saturated carbocycles. The lowest BCUT2D eigenvalue weighted by molar-refractivity contribution is -0.221. The van der Waals surface area contributed by atoms with Gasteiger partial charge in [0.2, 0.25) is 0 Å². The molecule has 6 nitrogen and oxygen atoms in total. The van der Waals surface area contributed by atoms with Crippen molar-refractivity contribution in [3.63, 3.8) is 0 Å². The molecule has 0 bridgehead atoms. The lowest BCUT2D eigenvalue weighted by Crippen LogP contribution is -2.68. The highest BCUT2D eigenvalue weighted by molar-refractivity contribution is 7.91. The Hall–Kier alpha value is -2.29. The predicted molar refractivity (Wildman–Crippen MR) is 242 cm³/mol. The average molecular weight is 845 g/mol. The van der Waals surface area contributed by atoms with Gasteiger partial charge in [-0.15, -0.1) is 0 Å². The Kier molecular flexibility index (Phi) is 11.9. The van der Waals surface area contributed by atoms with E-state index in [0.29, 0.717) is 48.9 Å². The van der Waals surface area contributed by atoms with Crippen molar-refractivity contribution in [1.29, 1.82) is 0 Å². The second-order valence-corrected chi connectivity index (χ2v) is 24.9. The van der Waals surface area contributed by atoms with Crippen molar-refractivity contribution < 1.29 is 22.3 Å². The van der Waals surface area contributed by atoms with Crippen molar-refractivity contribution in [2.75, 3.05) is 39.1 Å². The third-order valence-electron chi connectivity index (χ3n) is 19.5. The first-order chi connectivity index (χ1) is 28.3. The fourth-order valence-corrected chi connectivity index (χ4v) is 17.1. The summed E-state index contributed by atoms with van der Waals surface area (Å²) in [5, 5.41) is 4.09. The number of fused-ring (bicyclic) bond motifs is 7. The van der Waals surface area contributed by atoms with E-state index in [1.54, 1.807) is 0 Å². The average Bonchev–Trinajstić information content (AvgIpc) is 3.60. The number of hydrogen-bond acceptors (Lipinski definition) is 6. The van der Waals surface area contributed by atoms with Gasteiger partial charge in [-0.3, -0.25) is 4.79 Å². The van der Waals surface area contributed by atoms with E-state index >= 15 is 0 Å². The smallest absolute Gasteiger partial charge is 0.315 e. The quantitative estimate of drug-likeness (QED) is 0.177. The summed E-state index contributed by atoms with van der Waals surface area (Å²) in [5.74, 6) is 2.64. The van der Waals surface area contributed by atoms with E-state index in [1.165, 1.54) is 74.3 Å². The minimum atomic E-state index is -2.96. The van der Waals surface area contributed by atoms with Gasteiger partial charge in [0.25, 0.3) is 0 Å². The van der Waals surface area contributed by atoms with Crippen LogP contribution in [0.3, 0.4) is 0 Å². The molecule has 332 valence electrons. The molecule has 0 spiro atoms. The van der Waals surface area contributed by atoms with Gasteiger partial charge in [0.15, 0.2) is 0 Å². The fraction of sp³-hybridized carbons (Fsp3) is 0.750. The predicted octanol–water partition coefficient (Wildman–Crippen LogP) is 10.8. The first-order valence-electron chi connectivity index (χ1n) is 23.8. The van der Waals surface area contributed by atoms with Crippen LogP contribution in [0.15, 0.2) is 65.8 Å². The number of sulfone groups is 1. The molecule has 0 aromatic heterocycles. The first-order valence-corrected chi connectivity index (χ1v) is 25.8. The van der Waals surface area contributed by atoms with Crippen LogP contribution < -0.4 is 5.32 Å². The molecule has 1 N–H and O–H groups in total. The van der Waals surface area contributed by atoms with Gasteiger partial charge >= 0.3 is 5.97 Å². The van der Waals surface area contributed by atoms with Crippen molar-refractivity contribution in [2.45, 2.75) is 149 Å². The highest BCUT2D eigenvalue weighted by atomic mass is 32.2. The number of hydrogen-bond donors (Lipinski definition) is 1. The summed E-state index contributed by atoms with van der Waals surface area (Å²) >= 11 is 0. The summed E-state index contributed by atoms with van der Waals surface area (Å²) in [6, 6.07) is 9.68. The number of allylic oxidation sites excluding steroid dienone is 5. The normalized spacial score (nSPS) is 40.6. The number of carbonyl (C=O) groups is 1. The number of benzene rings is 1. The van der Waals surface area contributed by atoms with Crippen molar-refractivity contribution in [3.05, 3.63) is 71.3 Å². The number of carbonyl (C=O) groups excluding carboxylic acids is 1. The number of rotatable bonds is 11. The molecule has 6 aliphatic carbocycles. The fourth-order valence-electron chi connectivity index (χ4n) is 16.0. The molecule has 1 heterocycles. The van der Waals surface area contributed by atoms with Crippen LogP contribution in [0.25, 0.3) is 0 Å². The van der Waals surface area contributed by atoms with E-state index in [9.17, 15) is 17.6 Å². The molecule has 1 aliphatic heterocycles. The number of halogens is 1. The molecule has 5 fully saturated rings. The molecule has 8 rings (SSSR count). The maximum absolute atomic E-state index is 14.8. The summed E-state index contributed by atoms with van der Waals surface area (Å²) in [5.41, 5.74) is 4.83. The summed E-state index contributed by atoms with van der Waals surface area (Å²) < 4.78 is 44.9. The Balaban J connectivity index is 0.981. The van der Waals surface area contributed by atoms with Crippen LogP contribution in [0.2, 0.25) is 0 Å². The Morgan fingerprint density at radius 3 is 2.27 bits per heavy atom. The van der Waals surface area contributed by atoms with Gasteiger partial charge in [0, 0.05) is 24.9 Å². The monoisotopic (exact) mass is 845 g/mol. The molecule has 1 saturated heterocycles. The Morgan fingerprint density at radius 1 is 0.883 bits per heavy atom. The Bertz CT molecular complexity index is 1970. The number of alkyl halides is 1. The van der Waals surface area contributed by atoms with Crippen LogP contribution >= 0.6 is 0 Å². The zero-order valence-corrected chi connectivity index (χ0v) is 39.0. The lowest BCUT2D eigenvalue weighted by Gasteiger charge is -2.72. The lowest BCUT2D eigenvalue weighted by atomic mass is 9.33. The topological polar surface area (TPSA) is 75.7 Å². The third kappa shape index (κ3) is 7.24. The minimum Gasteiger partial charge on any atom is -0.460 e. The molecule has 7 aliphatic rings. The molecule has 60 heavy (non-hydrogen) atoms. The summed E-state index contributed by atoms with van der Waals surface area (Å²) in [6.45, 7) is 23.2. The highest BCUT2D eigenvalue weighted by Gasteiger charge is 2.70. The van der Waals surface area contributed by atoms with Gasteiger partial charge < -0.3 is 15.0 Å². The second-order valence-electron chi connectivity index (χ2n) is 22.6. The van der Waals surface area contributed by atoms with Crippen molar-refractivity contribution in [1.82, 2.24) is 10.2 Å². The third-order valence-corrected chi connectivity index (χ3v) is 21.2. The van der Waals surface area contributed by atoms with Gasteiger partial charge in [-0.2, -0.15) is 0 Å².